The molecule has 26 heavy (non-hydrogen) atoms. The van der Waals surface area contributed by atoms with Crippen LogP contribution in [0.4, 0.5) is 5.82 Å². The van der Waals surface area contributed by atoms with Crippen molar-refractivity contribution in [3.05, 3.63) is 36.7 Å². The molecule has 3 heterocycles. The number of imidazole rings is 1. The molecule has 1 aromatic carbocycles. The van der Waals surface area contributed by atoms with Crippen LogP contribution in [0.2, 0.25) is 0 Å². The van der Waals surface area contributed by atoms with Gasteiger partial charge in [0.05, 0.1) is 0 Å². The molecule has 0 bridgehead atoms. The van der Waals surface area contributed by atoms with Crippen molar-refractivity contribution in [2.24, 2.45) is 7.05 Å². The molecule has 4 aromatic rings. The van der Waals surface area contributed by atoms with Crippen LogP contribution < -0.4 is 5.73 Å². The first kappa shape index (κ1) is 17.3. The van der Waals surface area contributed by atoms with Crippen molar-refractivity contribution in [3.8, 4) is 22.0 Å². The number of fused-ring (bicyclic) bond motifs is 1. The minimum Gasteiger partial charge on any atom is -0.382 e. The first-order valence-corrected chi connectivity index (χ1v) is 11.0. The number of nitrogen functional groups attached to an aromatic ring is 1. The summed E-state index contributed by atoms with van der Waals surface area (Å²) in [5, 5.41) is 2.75. The molecule has 0 radical (unpaired) electrons. The minimum absolute atomic E-state index is 0.401. The Hall–Kier alpha value is -2.10. The largest absolute Gasteiger partial charge is 0.382 e. The molecule has 0 saturated heterocycles. The van der Waals surface area contributed by atoms with Gasteiger partial charge in [-0.15, -0.1) is 0 Å². The van der Waals surface area contributed by atoms with Crippen molar-refractivity contribution >= 4 is 51.0 Å². The van der Waals surface area contributed by atoms with E-state index in [9.17, 15) is 0 Å². The van der Waals surface area contributed by atoms with Gasteiger partial charge in [0.1, 0.15) is 33.1 Å². The Labute approximate surface area is 163 Å². The van der Waals surface area contributed by atoms with Crippen LogP contribution in [0.1, 0.15) is 0 Å². The molecule has 0 fully saturated rings. The summed E-state index contributed by atoms with van der Waals surface area (Å²) in [6.07, 6.45) is 3.56. The molecule has 0 aliphatic rings. The van der Waals surface area contributed by atoms with E-state index in [1.54, 1.807) is 23.5 Å². The van der Waals surface area contributed by atoms with Crippen molar-refractivity contribution in [1.29, 1.82) is 0 Å². The van der Waals surface area contributed by atoms with Gasteiger partial charge in [0.25, 0.3) is 0 Å². The molecular formula is C17H16N6S3. The average molecular weight is 401 g/mol. The number of anilines is 1. The summed E-state index contributed by atoms with van der Waals surface area (Å²) >= 11 is 5.01. The van der Waals surface area contributed by atoms with E-state index >= 15 is 0 Å². The van der Waals surface area contributed by atoms with Crippen molar-refractivity contribution in [3.63, 3.8) is 0 Å². The third-order valence-electron chi connectivity index (χ3n) is 3.83. The fraction of sp³-hybridized carbons (Fsp3) is 0.176. The zero-order valence-electron chi connectivity index (χ0n) is 14.2. The quantitative estimate of drug-likeness (QED) is 0.398. The Morgan fingerprint density at radius 3 is 2.69 bits per heavy atom. The second kappa shape index (κ2) is 7.26. The van der Waals surface area contributed by atoms with Crippen molar-refractivity contribution < 1.29 is 0 Å². The lowest BCUT2D eigenvalue weighted by molar-refractivity contribution is 0.797. The van der Waals surface area contributed by atoms with Gasteiger partial charge in [-0.2, -0.15) is 11.8 Å². The van der Waals surface area contributed by atoms with Crippen LogP contribution in [-0.2, 0) is 7.05 Å². The number of rotatable bonds is 5. The third kappa shape index (κ3) is 3.06. The SMILES string of the molecule is CSCSc1nc(-c2ccccc2)c(-c2nc3c(N)ncnc3s2)n1C. The molecule has 3 aromatic heterocycles. The molecule has 2 N–H and O–H groups in total. The van der Waals surface area contributed by atoms with Gasteiger partial charge >= 0.3 is 0 Å². The van der Waals surface area contributed by atoms with Crippen LogP contribution in [0.3, 0.4) is 0 Å². The smallest absolute Gasteiger partial charge is 0.169 e. The van der Waals surface area contributed by atoms with Crippen LogP contribution in [-0.4, -0.2) is 35.8 Å². The van der Waals surface area contributed by atoms with Gasteiger partial charge in [0, 0.05) is 17.7 Å². The summed E-state index contributed by atoms with van der Waals surface area (Å²) in [6, 6.07) is 10.2. The van der Waals surface area contributed by atoms with Crippen LogP contribution in [0.25, 0.3) is 32.3 Å². The highest BCUT2D eigenvalue weighted by molar-refractivity contribution is 8.15. The van der Waals surface area contributed by atoms with Gasteiger partial charge in [0.2, 0.25) is 0 Å². The fourth-order valence-electron chi connectivity index (χ4n) is 2.63. The Balaban J connectivity index is 1.92. The van der Waals surface area contributed by atoms with Crippen molar-refractivity contribution in [2.45, 2.75) is 5.16 Å². The van der Waals surface area contributed by atoms with Crippen LogP contribution >= 0.6 is 34.9 Å². The minimum atomic E-state index is 0.401. The lowest BCUT2D eigenvalue weighted by Gasteiger charge is -2.04. The Morgan fingerprint density at radius 1 is 1.15 bits per heavy atom. The predicted octanol–water partition coefficient (Wildman–Crippen LogP) is 4.15. The highest BCUT2D eigenvalue weighted by Gasteiger charge is 2.22. The molecule has 6 nitrogen and oxygen atoms in total. The molecule has 0 saturated carbocycles. The lowest BCUT2D eigenvalue weighted by Crippen LogP contribution is -1.95. The second-order valence-corrected chi connectivity index (χ2v) is 8.65. The van der Waals surface area contributed by atoms with Crippen LogP contribution in [0.15, 0.2) is 41.8 Å². The number of nitrogens with zero attached hydrogens (tertiary/aromatic N) is 5. The van der Waals surface area contributed by atoms with Gasteiger partial charge in [-0.1, -0.05) is 53.4 Å². The van der Waals surface area contributed by atoms with Crippen LogP contribution in [0, 0.1) is 0 Å². The Kier molecular flexibility index (Phi) is 4.84. The average Bonchev–Trinajstić information content (AvgIpc) is 3.22. The highest BCUT2D eigenvalue weighted by Crippen LogP contribution is 2.39. The van der Waals surface area contributed by atoms with E-state index in [0.717, 1.165) is 37.0 Å². The molecule has 0 amide bonds. The number of benzene rings is 1. The Bertz CT molecular complexity index is 1060. The van der Waals surface area contributed by atoms with E-state index in [2.05, 4.69) is 32.9 Å². The number of nitrogens with two attached hydrogens (primary N) is 1. The van der Waals surface area contributed by atoms with Gasteiger partial charge in [-0.05, 0) is 6.26 Å². The maximum Gasteiger partial charge on any atom is 0.169 e. The van der Waals surface area contributed by atoms with E-state index in [4.69, 9.17) is 15.7 Å². The van der Waals surface area contributed by atoms with E-state index < -0.39 is 0 Å². The molecule has 4 rings (SSSR count). The molecule has 0 spiro atoms. The summed E-state index contributed by atoms with van der Waals surface area (Å²) in [4.78, 5) is 18.7. The summed E-state index contributed by atoms with van der Waals surface area (Å²) in [7, 11) is 2.03. The van der Waals surface area contributed by atoms with Crippen molar-refractivity contribution in [1.82, 2.24) is 24.5 Å². The van der Waals surface area contributed by atoms with Gasteiger partial charge in [-0.3, -0.25) is 0 Å². The predicted molar refractivity (Wildman–Crippen MR) is 111 cm³/mol. The van der Waals surface area contributed by atoms with E-state index in [1.165, 1.54) is 17.7 Å². The van der Waals surface area contributed by atoms with Crippen molar-refractivity contribution in [2.75, 3.05) is 17.1 Å². The molecular weight excluding hydrogens is 384 g/mol. The van der Waals surface area contributed by atoms with E-state index in [1.807, 2.05) is 25.2 Å². The molecule has 0 aliphatic carbocycles. The maximum atomic E-state index is 5.97. The molecule has 0 atom stereocenters. The number of hydrogen-bond acceptors (Lipinski definition) is 8. The van der Waals surface area contributed by atoms with Crippen LogP contribution in [0.5, 0.6) is 0 Å². The first-order valence-electron chi connectivity index (χ1n) is 7.80. The topological polar surface area (TPSA) is 82.5 Å². The highest BCUT2D eigenvalue weighted by atomic mass is 32.2. The number of thioether (sulfide) groups is 2. The maximum absolute atomic E-state index is 5.97. The number of hydrogen-bond donors (Lipinski definition) is 1. The second-order valence-electron chi connectivity index (χ2n) is 5.50. The molecule has 9 heteroatoms. The van der Waals surface area contributed by atoms with E-state index in [-0.39, 0.29) is 0 Å². The standard InChI is InChI=1S/C17H16N6S3/c1-23-13(16-21-12-14(18)19-8-20-15(12)26-16)11(10-6-4-3-5-7-10)22-17(23)25-9-24-2/h3-8H,9H2,1-2H3,(H2,18,19,20). The van der Waals surface area contributed by atoms with Gasteiger partial charge in [-0.25, -0.2) is 19.9 Å². The summed E-state index contributed by atoms with van der Waals surface area (Å²) in [5.41, 5.74) is 9.57. The number of aromatic nitrogens is 5. The first-order chi connectivity index (χ1) is 12.7. The summed E-state index contributed by atoms with van der Waals surface area (Å²) < 4.78 is 2.10. The molecule has 0 aliphatic heterocycles. The monoisotopic (exact) mass is 400 g/mol. The van der Waals surface area contributed by atoms with Gasteiger partial charge < -0.3 is 10.3 Å². The lowest BCUT2D eigenvalue weighted by atomic mass is 10.1. The summed E-state index contributed by atoms with van der Waals surface area (Å²) in [6.45, 7) is 0. The number of thiazole rings is 1. The zero-order chi connectivity index (χ0) is 18.1. The Morgan fingerprint density at radius 2 is 1.96 bits per heavy atom. The molecule has 132 valence electrons. The van der Waals surface area contributed by atoms with E-state index in [0.29, 0.717) is 11.3 Å². The normalized spacial score (nSPS) is 11.3. The summed E-state index contributed by atoms with van der Waals surface area (Å²) in [5.74, 6) is 0.401. The molecule has 0 unspecified atom stereocenters. The van der Waals surface area contributed by atoms with Gasteiger partial charge in [0.15, 0.2) is 11.0 Å². The third-order valence-corrected chi connectivity index (χ3v) is 6.84. The zero-order valence-corrected chi connectivity index (χ0v) is 16.7. The fourth-order valence-corrected chi connectivity index (χ4v) is 4.96.